The molecule has 1 atom stereocenters. The molecule has 6 heteroatoms. The smallest absolute Gasteiger partial charge is 0.326 e. The lowest BCUT2D eigenvalue weighted by atomic mass is 9.76. The third kappa shape index (κ3) is 2.54. The van der Waals surface area contributed by atoms with E-state index in [0.717, 1.165) is 12.8 Å². The number of hydrogen-bond acceptors (Lipinski definition) is 3. The fourth-order valence-corrected chi connectivity index (χ4v) is 3.09. The van der Waals surface area contributed by atoms with Gasteiger partial charge in [0.25, 0.3) is 5.91 Å². The standard InChI is InChI=1S/C13H16BrNO4/c1-13(2)5-3-6-15(9(13)12(17)18)11(16)8-4-7-19-10(8)14/h4,7,9H,3,5-6H2,1-2H3,(H,17,18). The molecule has 2 heterocycles. The minimum absolute atomic E-state index is 0.305. The second kappa shape index (κ2) is 5.00. The van der Waals surface area contributed by atoms with Crippen LogP contribution in [0.1, 0.15) is 37.0 Å². The van der Waals surface area contributed by atoms with E-state index in [4.69, 9.17) is 4.42 Å². The normalized spacial score (nSPS) is 22.3. The Morgan fingerprint density at radius 3 is 2.74 bits per heavy atom. The Balaban J connectivity index is 2.34. The van der Waals surface area contributed by atoms with Gasteiger partial charge in [-0.2, -0.15) is 0 Å². The van der Waals surface area contributed by atoms with E-state index in [9.17, 15) is 14.7 Å². The number of carboxylic acid groups (broad SMARTS) is 1. The molecule has 1 aliphatic rings. The van der Waals surface area contributed by atoms with Crippen LogP contribution in [0.5, 0.6) is 0 Å². The Morgan fingerprint density at radius 1 is 1.53 bits per heavy atom. The van der Waals surface area contributed by atoms with Gasteiger partial charge in [0.15, 0.2) is 4.67 Å². The zero-order valence-corrected chi connectivity index (χ0v) is 12.4. The van der Waals surface area contributed by atoms with Crippen LogP contribution < -0.4 is 0 Å². The van der Waals surface area contributed by atoms with Crippen LogP contribution in [-0.2, 0) is 4.79 Å². The van der Waals surface area contributed by atoms with E-state index in [1.165, 1.54) is 11.2 Å². The number of furan rings is 1. The Morgan fingerprint density at radius 2 is 2.21 bits per heavy atom. The van der Waals surface area contributed by atoms with Crippen LogP contribution in [0.3, 0.4) is 0 Å². The maximum Gasteiger partial charge on any atom is 0.326 e. The lowest BCUT2D eigenvalue weighted by Crippen LogP contribution is -2.56. The molecule has 1 fully saturated rings. The van der Waals surface area contributed by atoms with Crippen molar-refractivity contribution in [2.75, 3.05) is 6.54 Å². The van der Waals surface area contributed by atoms with Crippen molar-refractivity contribution in [3.63, 3.8) is 0 Å². The number of likely N-dealkylation sites (tertiary alicyclic amines) is 1. The van der Waals surface area contributed by atoms with Gasteiger partial charge in [0.2, 0.25) is 0 Å². The van der Waals surface area contributed by atoms with Crippen molar-refractivity contribution < 1.29 is 19.1 Å². The van der Waals surface area contributed by atoms with Gasteiger partial charge in [0, 0.05) is 6.54 Å². The van der Waals surface area contributed by atoms with Gasteiger partial charge in [-0.05, 0) is 40.3 Å². The molecule has 1 amide bonds. The summed E-state index contributed by atoms with van der Waals surface area (Å²) >= 11 is 3.16. The summed E-state index contributed by atoms with van der Waals surface area (Å²) in [6, 6.07) is 0.739. The second-order valence-electron chi connectivity index (χ2n) is 5.44. The number of hydrogen-bond donors (Lipinski definition) is 1. The van der Waals surface area contributed by atoms with Crippen LogP contribution in [0.15, 0.2) is 21.4 Å². The van der Waals surface area contributed by atoms with E-state index < -0.39 is 17.4 Å². The lowest BCUT2D eigenvalue weighted by molar-refractivity contribution is -0.148. The largest absolute Gasteiger partial charge is 0.480 e. The number of halogens is 1. The van der Waals surface area contributed by atoms with Crippen LogP contribution in [0, 0.1) is 5.41 Å². The molecule has 1 unspecified atom stereocenters. The maximum absolute atomic E-state index is 12.5. The number of carboxylic acids is 1. The first-order valence-corrected chi connectivity index (χ1v) is 6.90. The molecule has 0 radical (unpaired) electrons. The highest BCUT2D eigenvalue weighted by Crippen LogP contribution is 2.36. The summed E-state index contributed by atoms with van der Waals surface area (Å²) in [5.41, 5.74) is -0.0698. The molecule has 19 heavy (non-hydrogen) atoms. The van der Waals surface area contributed by atoms with Gasteiger partial charge in [-0.1, -0.05) is 13.8 Å². The molecule has 1 aliphatic heterocycles. The maximum atomic E-state index is 12.5. The first-order chi connectivity index (χ1) is 8.84. The topological polar surface area (TPSA) is 70.8 Å². The van der Waals surface area contributed by atoms with Crippen molar-refractivity contribution in [1.82, 2.24) is 4.90 Å². The van der Waals surface area contributed by atoms with E-state index >= 15 is 0 Å². The average molecular weight is 330 g/mol. The summed E-state index contributed by atoms with van der Waals surface area (Å²) in [6.07, 6.45) is 3.00. The minimum atomic E-state index is -0.960. The zero-order valence-electron chi connectivity index (χ0n) is 10.9. The summed E-state index contributed by atoms with van der Waals surface area (Å²) < 4.78 is 5.38. The minimum Gasteiger partial charge on any atom is -0.480 e. The van der Waals surface area contributed by atoms with Crippen molar-refractivity contribution >= 4 is 27.8 Å². The molecule has 0 aliphatic carbocycles. The Kier molecular flexibility index (Phi) is 3.71. The fraction of sp³-hybridized carbons (Fsp3) is 0.538. The molecule has 1 saturated heterocycles. The SMILES string of the molecule is CC1(C)CCCN(C(=O)c2ccoc2Br)C1C(=O)O. The molecule has 5 nitrogen and oxygen atoms in total. The van der Waals surface area contributed by atoms with E-state index in [1.54, 1.807) is 6.07 Å². The molecule has 104 valence electrons. The van der Waals surface area contributed by atoms with Gasteiger partial charge < -0.3 is 14.4 Å². The quantitative estimate of drug-likeness (QED) is 0.905. The van der Waals surface area contributed by atoms with Crippen LogP contribution in [0.25, 0.3) is 0 Å². The molecule has 1 aromatic heterocycles. The number of carbonyl (C=O) groups is 2. The number of rotatable bonds is 2. The van der Waals surface area contributed by atoms with Crippen molar-refractivity contribution in [3.8, 4) is 0 Å². The first kappa shape index (κ1) is 14.1. The van der Waals surface area contributed by atoms with Gasteiger partial charge >= 0.3 is 5.97 Å². The highest BCUT2D eigenvalue weighted by molar-refractivity contribution is 9.10. The van der Waals surface area contributed by atoms with Crippen molar-refractivity contribution in [1.29, 1.82) is 0 Å². The van der Waals surface area contributed by atoms with E-state index in [-0.39, 0.29) is 5.91 Å². The van der Waals surface area contributed by atoms with Gasteiger partial charge in [-0.25, -0.2) is 4.79 Å². The first-order valence-electron chi connectivity index (χ1n) is 6.11. The van der Waals surface area contributed by atoms with E-state index in [1.807, 2.05) is 13.8 Å². The van der Waals surface area contributed by atoms with Crippen LogP contribution in [-0.4, -0.2) is 34.5 Å². The van der Waals surface area contributed by atoms with Gasteiger partial charge in [-0.3, -0.25) is 4.79 Å². The zero-order chi connectivity index (χ0) is 14.2. The van der Waals surface area contributed by atoms with Gasteiger partial charge in [0.05, 0.1) is 11.8 Å². The third-order valence-corrected chi connectivity index (χ3v) is 4.23. The fourth-order valence-electron chi connectivity index (χ4n) is 2.68. The number of carbonyl (C=O) groups excluding carboxylic acids is 1. The Labute approximate surface area is 119 Å². The monoisotopic (exact) mass is 329 g/mol. The Hall–Kier alpha value is -1.30. The van der Waals surface area contributed by atoms with Gasteiger partial charge in [-0.15, -0.1) is 0 Å². The molecule has 1 N–H and O–H groups in total. The summed E-state index contributed by atoms with van der Waals surface area (Å²) in [6.45, 7) is 4.22. The molecule has 2 rings (SSSR count). The van der Waals surface area contributed by atoms with Gasteiger partial charge in [0.1, 0.15) is 6.04 Å². The van der Waals surface area contributed by atoms with E-state index in [0.29, 0.717) is 16.8 Å². The van der Waals surface area contributed by atoms with Crippen molar-refractivity contribution in [3.05, 3.63) is 22.6 Å². The lowest BCUT2D eigenvalue weighted by Gasteiger charge is -2.43. The van der Waals surface area contributed by atoms with Crippen LogP contribution in [0.4, 0.5) is 0 Å². The summed E-state index contributed by atoms with van der Waals surface area (Å²) in [4.78, 5) is 25.4. The van der Waals surface area contributed by atoms with Crippen LogP contribution >= 0.6 is 15.9 Å². The van der Waals surface area contributed by atoms with E-state index in [2.05, 4.69) is 15.9 Å². The number of amides is 1. The number of aliphatic carboxylic acids is 1. The highest BCUT2D eigenvalue weighted by Gasteiger charge is 2.45. The molecule has 0 bridgehead atoms. The summed E-state index contributed by atoms with van der Waals surface area (Å²) in [7, 11) is 0. The van der Waals surface area contributed by atoms with Crippen LogP contribution in [0.2, 0.25) is 0 Å². The van der Waals surface area contributed by atoms with Crippen molar-refractivity contribution in [2.24, 2.45) is 5.41 Å². The number of nitrogens with zero attached hydrogens (tertiary/aromatic N) is 1. The molecular weight excluding hydrogens is 314 g/mol. The molecule has 1 aromatic rings. The third-order valence-electron chi connectivity index (χ3n) is 3.62. The molecular formula is C13H16BrNO4. The molecule has 0 spiro atoms. The average Bonchev–Trinajstić information content (AvgIpc) is 2.72. The molecule has 0 saturated carbocycles. The predicted molar refractivity (Wildman–Crippen MR) is 71.9 cm³/mol. The second-order valence-corrected chi connectivity index (χ2v) is 6.16. The van der Waals surface area contributed by atoms with Crippen molar-refractivity contribution in [2.45, 2.75) is 32.7 Å². The highest BCUT2D eigenvalue weighted by atomic mass is 79.9. The summed E-state index contributed by atoms with van der Waals surface area (Å²) in [5, 5.41) is 9.43. The molecule has 0 aromatic carbocycles. The summed E-state index contributed by atoms with van der Waals surface area (Å²) in [5.74, 6) is -1.27. The predicted octanol–water partition coefficient (Wildman–Crippen LogP) is 2.76. The number of piperidine rings is 1. The Bertz CT molecular complexity index is 508.